The van der Waals surface area contributed by atoms with Crippen LogP contribution in [0, 0.1) is 23.3 Å². The fourth-order valence-electron chi connectivity index (χ4n) is 3.37. The Morgan fingerprint density at radius 2 is 0.903 bits per heavy atom. The van der Waals surface area contributed by atoms with Gasteiger partial charge < -0.3 is 4.74 Å². The molecule has 0 aliphatic rings. The van der Waals surface area contributed by atoms with Crippen LogP contribution in [-0.2, 0) is 17.6 Å². The Bertz CT molecular complexity index is 762. The minimum absolute atomic E-state index is 0.153. The zero-order valence-electron chi connectivity index (χ0n) is 17.5. The molecule has 0 fully saturated rings. The molecule has 0 saturated heterocycles. The first-order valence-electron chi connectivity index (χ1n) is 10.7. The second kappa shape index (κ2) is 14.3. The van der Waals surface area contributed by atoms with Crippen molar-refractivity contribution < 1.29 is 22.3 Å². The summed E-state index contributed by atoms with van der Waals surface area (Å²) in [4.78, 5) is 0. The molecule has 2 aromatic carbocycles. The molecule has 2 rings (SSSR count). The van der Waals surface area contributed by atoms with Crippen LogP contribution in [0.25, 0.3) is 0 Å². The van der Waals surface area contributed by atoms with Gasteiger partial charge in [0, 0.05) is 13.2 Å². The average molecular weight is 568 g/mol. The van der Waals surface area contributed by atoms with E-state index < -0.39 is 23.3 Å². The number of aryl methyl sites for hydroxylation is 2. The first-order valence-corrected chi connectivity index (χ1v) is 12.3. The van der Waals surface area contributed by atoms with Crippen LogP contribution in [0.4, 0.5) is 17.6 Å². The quantitative estimate of drug-likeness (QED) is 0.126. The topological polar surface area (TPSA) is 9.23 Å². The standard InChI is InChI=1S/C24H28Br2F4O/c25-19-13-11-17(21(27)23(19)29)9-5-1-3-7-15-31-16-8-4-2-6-10-18-12-14-20(26)24(30)22(18)28/h11-14H,1-10,15-16H2. The molecule has 2 aromatic rings. The molecule has 0 aliphatic carbocycles. The van der Waals surface area contributed by atoms with Crippen LogP contribution in [0.2, 0.25) is 0 Å². The molecule has 0 bridgehead atoms. The maximum Gasteiger partial charge on any atom is 0.173 e. The molecular weight excluding hydrogens is 540 g/mol. The third-order valence-corrected chi connectivity index (χ3v) is 6.42. The molecule has 0 amide bonds. The van der Waals surface area contributed by atoms with Crippen LogP contribution in [0.3, 0.4) is 0 Å². The van der Waals surface area contributed by atoms with Crippen molar-refractivity contribution in [2.45, 2.75) is 64.2 Å². The minimum Gasteiger partial charge on any atom is -0.381 e. The predicted molar refractivity (Wildman–Crippen MR) is 123 cm³/mol. The van der Waals surface area contributed by atoms with Crippen molar-refractivity contribution in [3.05, 3.63) is 67.6 Å². The van der Waals surface area contributed by atoms with E-state index in [4.69, 9.17) is 4.74 Å². The number of rotatable bonds is 14. The summed E-state index contributed by atoms with van der Waals surface area (Å²) in [6.45, 7) is 1.40. The zero-order chi connectivity index (χ0) is 22.6. The highest BCUT2D eigenvalue weighted by atomic mass is 79.9. The van der Waals surface area contributed by atoms with Crippen LogP contribution in [0.1, 0.15) is 62.5 Å². The molecule has 172 valence electrons. The van der Waals surface area contributed by atoms with Gasteiger partial charge in [-0.25, -0.2) is 17.6 Å². The molecule has 1 nitrogen and oxygen atoms in total. The lowest BCUT2D eigenvalue weighted by atomic mass is 10.1. The van der Waals surface area contributed by atoms with Crippen molar-refractivity contribution in [1.29, 1.82) is 0 Å². The number of benzene rings is 2. The van der Waals surface area contributed by atoms with Gasteiger partial charge in [0.15, 0.2) is 23.3 Å². The van der Waals surface area contributed by atoms with E-state index in [0.717, 1.165) is 51.4 Å². The van der Waals surface area contributed by atoms with Gasteiger partial charge in [-0.3, -0.25) is 0 Å². The Hall–Kier alpha value is -0.920. The Morgan fingerprint density at radius 1 is 0.516 bits per heavy atom. The maximum absolute atomic E-state index is 13.8. The van der Waals surface area contributed by atoms with Crippen LogP contribution in [0.15, 0.2) is 33.2 Å². The molecule has 31 heavy (non-hydrogen) atoms. The Kier molecular flexibility index (Phi) is 12.1. The summed E-state index contributed by atoms with van der Waals surface area (Å²) in [7, 11) is 0. The normalized spacial score (nSPS) is 11.3. The van der Waals surface area contributed by atoms with E-state index in [2.05, 4.69) is 31.9 Å². The summed E-state index contributed by atoms with van der Waals surface area (Å²) in [5.74, 6) is -3.15. The van der Waals surface area contributed by atoms with Crippen LogP contribution in [0.5, 0.6) is 0 Å². The van der Waals surface area contributed by atoms with Gasteiger partial charge in [0.1, 0.15) is 0 Å². The highest BCUT2D eigenvalue weighted by Gasteiger charge is 2.12. The molecule has 0 aromatic heterocycles. The lowest BCUT2D eigenvalue weighted by Crippen LogP contribution is -1.99. The third kappa shape index (κ3) is 8.85. The van der Waals surface area contributed by atoms with E-state index in [-0.39, 0.29) is 8.95 Å². The molecule has 0 spiro atoms. The number of hydrogen-bond acceptors (Lipinski definition) is 1. The van der Waals surface area contributed by atoms with Gasteiger partial charge in [-0.05, 0) is 93.6 Å². The van der Waals surface area contributed by atoms with Crippen molar-refractivity contribution in [3.63, 3.8) is 0 Å². The number of ether oxygens (including phenoxy) is 1. The van der Waals surface area contributed by atoms with Crippen molar-refractivity contribution in [2.75, 3.05) is 13.2 Å². The van der Waals surface area contributed by atoms with Gasteiger partial charge >= 0.3 is 0 Å². The average Bonchev–Trinajstić information content (AvgIpc) is 2.76. The monoisotopic (exact) mass is 566 g/mol. The summed E-state index contributed by atoms with van der Waals surface area (Å²) >= 11 is 5.96. The van der Waals surface area contributed by atoms with Gasteiger partial charge in [-0.2, -0.15) is 0 Å². The molecule has 0 atom stereocenters. The Morgan fingerprint density at radius 3 is 1.32 bits per heavy atom. The third-order valence-electron chi connectivity index (χ3n) is 5.20. The number of hydrogen-bond donors (Lipinski definition) is 0. The van der Waals surface area contributed by atoms with E-state index in [1.165, 1.54) is 0 Å². The summed E-state index contributed by atoms with van der Waals surface area (Å²) in [5, 5.41) is 0. The van der Waals surface area contributed by atoms with Crippen LogP contribution < -0.4 is 0 Å². The van der Waals surface area contributed by atoms with E-state index in [1.54, 1.807) is 24.3 Å². The maximum atomic E-state index is 13.8. The highest BCUT2D eigenvalue weighted by molar-refractivity contribution is 9.10. The van der Waals surface area contributed by atoms with Crippen LogP contribution in [-0.4, -0.2) is 13.2 Å². The molecule has 0 radical (unpaired) electrons. The van der Waals surface area contributed by atoms with E-state index in [0.29, 0.717) is 37.2 Å². The Labute approximate surface area is 198 Å². The number of unbranched alkanes of at least 4 members (excludes halogenated alkanes) is 6. The fourth-order valence-corrected chi connectivity index (χ4v) is 3.98. The predicted octanol–water partition coefficient (Wildman–Crippen LogP) is 8.69. The molecule has 0 unspecified atom stereocenters. The van der Waals surface area contributed by atoms with Gasteiger partial charge in [0.2, 0.25) is 0 Å². The molecule has 0 saturated carbocycles. The molecular formula is C24H28Br2F4O. The largest absolute Gasteiger partial charge is 0.381 e. The lowest BCUT2D eigenvalue weighted by molar-refractivity contribution is 0.125. The van der Waals surface area contributed by atoms with Gasteiger partial charge in [0.25, 0.3) is 0 Å². The first-order chi connectivity index (χ1) is 14.9. The Balaban J connectivity index is 1.42. The second-order valence-electron chi connectivity index (χ2n) is 7.61. The second-order valence-corrected chi connectivity index (χ2v) is 9.32. The SMILES string of the molecule is Fc1c(Br)ccc(CCCCCCOCCCCCCc2ccc(Br)c(F)c2F)c1F. The lowest BCUT2D eigenvalue weighted by Gasteiger charge is -2.07. The fraction of sp³-hybridized carbons (Fsp3) is 0.500. The zero-order valence-corrected chi connectivity index (χ0v) is 20.6. The smallest absolute Gasteiger partial charge is 0.173 e. The van der Waals surface area contributed by atoms with E-state index in [9.17, 15) is 17.6 Å². The molecule has 0 aliphatic heterocycles. The summed E-state index contributed by atoms with van der Waals surface area (Å²) in [6, 6.07) is 6.33. The van der Waals surface area contributed by atoms with Crippen molar-refractivity contribution >= 4 is 31.9 Å². The molecule has 0 heterocycles. The van der Waals surface area contributed by atoms with Crippen molar-refractivity contribution in [1.82, 2.24) is 0 Å². The van der Waals surface area contributed by atoms with Gasteiger partial charge in [-0.1, -0.05) is 37.8 Å². The summed E-state index contributed by atoms with van der Waals surface area (Å²) in [6.07, 6.45) is 8.51. The van der Waals surface area contributed by atoms with E-state index in [1.807, 2.05) is 0 Å². The van der Waals surface area contributed by atoms with Gasteiger partial charge in [0.05, 0.1) is 8.95 Å². The van der Waals surface area contributed by atoms with Crippen molar-refractivity contribution in [3.8, 4) is 0 Å². The number of halogens is 6. The molecule has 0 N–H and O–H groups in total. The first kappa shape index (κ1) is 26.3. The highest BCUT2D eigenvalue weighted by Crippen LogP contribution is 2.23. The summed E-state index contributed by atoms with van der Waals surface area (Å²) < 4.78 is 60.4. The van der Waals surface area contributed by atoms with E-state index >= 15 is 0 Å². The van der Waals surface area contributed by atoms with Crippen LogP contribution >= 0.6 is 31.9 Å². The minimum atomic E-state index is -0.819. The van der Waals surface area contributed by atoms with Crippen molar-refractivity contribution in [2.24, 2.45) is 0 Å². The van der Waals surface area contributed by atoms with Gasteiger partial charge in [-0.15, -0.1) is 0 Å². The molecule has 7 heteroatoms. The summed E-state index contributed by atoms with van der Waals surface area (Å²) in [5.41, 5.74) is 0.843.